The molecule has 1 unspecified atom stereocenters. The molecule has 4 atom stereocenters. The molecule has 1 saturated carbocycles. The lowest BCUT2D eigenvalue weighted by atomic mass is 9.94. The molecule has 1 N–H and O–H groups in total. The minimum absolute atomic E-state index is 0.0857. The Kier molecular flexibility index (Phi) is 6.35. The first-order valence-electron chi connectivity index (χ1n) is 11.6. The number of carbonyl (C=O) groups excluding carboxylic acids is 2. The van der Waals surface area contributed by atoms with Gasteiger partial charge in [-0.05, 0) is 64.2 Å². The number of nitrogens with zero attached hydrogens (tertiary/aromatic N) is 1. The number of likely N-dealkylation sites (tertiary alicyclic amines) is 1. The van der Waals surface area contributed by atoms with Gasteiger partial charge in [-0.25, -0.2) is 4.79 Å². The van der Waals surface area contributed by atoms with Crippen LogP contribution in [-0.2, 0) is 19.0 Å². The van der Waals surface area contributed by atoms with Gasteiger partial charge in [-0.3, -0.25) is 4.79 Å². The summed E-state index contributed by atoms with van der Waals surface area (Å²) in [4.78, 5) is 27.4. The van der Waals surface area contributed by atoms with Crippen molar-refractivity contribution in [3.8, 4) is 0 Å². The van der Waals surface area contributed by atoms with Crippen LogP contribution < -0.4 is 5.32 Å². The van der Waals surface area contributed by atoms with Crippen LogP contribution >= 0.6 is 0 Å². The Bertz CT molecular complexity index is 879. The summed E-state index contributed by atoms with van der Waals surface area (Å²) in [5, 5.41) is 2.94. The zero-order valence-corrected chi connectivity index (χ0v) is 19.4. The van der Waals surface area contributed by atoms with Crippen molar-refractivity contribution < 1.29 is 23.8 Å². The molecule has 174 valence electrons. The summed E-state index contributed by atoms with van der Waals surface area (Å²) in [6.45, 7) is 8.90. The average Bonchev–Trinajstić information content (AvgIpc) is 3.27. The number of allylic oxidation sites excluding steroid dienone is 3. The van der Waals surface area contributed by atoms with Gasteiger partial charge in [0.15, 0.2) is 5.76 Å². The Morgan fingerprint density at radius 3 is 2.66 bits per heavy atom. The highest BCUT2D eigenvalue weighted by molar-refractivity contribution is 5.91. The van der Waals surface area contributed by atoms with Crippen molar-refractivity contribution in [3.05, 3.63) is 47.8 Å². The zero-order valence-electron chi connectivity index (χ0n) is 19.4. The van der Waals surface area contributed by atoms with E-state index in [4.69, 9.17) is 14.2 Å². The highest BCUT2D eigenvalue weighted by Gasteiger charge is 2.49. The quantitative estimate of drug-likeness (QED) is 0.699. The van der Waals surface area contributed by atoms with E-state index in [0.717, 1.165) is 31.3 Å². The van der Waals surface area contributed by atoms with Crippen molar-refractivity contribution in [1.82, 2.24) is 10.2 Å². The van der Waals surface area contributed by atoms with Gasteiger partial charge in [0.1, 0.15) is 18.1 Å². The Balaban J connectivity index is 1.37. The molecule has 0 spiro atoms. The molecular weight excluding hydrogens is 408 g/mol. The third-order valence-electron chi connectivity index (χ3n) is 6.50. The summed E-state index contributed by atoms with van der Waals surface area (Å²) >= 11 is 0. The first-order chi connectivity index (χ1) is 15.2. The third kappa shape index (κ3) is 5.03. The topological polar surface area (TPSA) is 77.1 Å². The molecule has 2 aliphatic heterocycles. The van der Waals surface area contributed by atoms with Crippen molar-refractivity contribution in [3.63, 3.8) is 0 Å². The van der Waals surface area contributed by atoms with Crippen molar-refractivity contribution in [2.24, 2.45) is 17.8 Å². The van der Waals surface area contributed by atoms with Gasteiger partial charge in [-0.1, -0.05) is 25.2 Å². The van der Waals surface area contributed by atoms with Gasteiger partial charge in [0.25, 0.3) is 5.91 Å². The van der Waals surface area contributed by atoms with Crippen LogP contribution in [0, 0.1) is 17.8 Å². The molecule has 0 bridgehead atoms. The standard InChI is InChI=1S/C25H34N2O5/c1-16-10-18-13-27(24(29)32-25(2,3)4)20(19(18)11-16)12-26-23(28)22-15-30-21(14-31-22)17-8-6-5-7-9-17/h6,8-9,14-16,18-20H,5,7,10-13H2,1-4H3,(H,26,28)/t16?,18-,19-,20+/m0/s1. The van der Waals surface area contributed by atoms with E-state index in [9.17, 15) is 9.59 Å². The molecule has 4 aliphatic rings. The van der Waals surface area contributed by atoms with Crippen LogP contribution in [-0.4, -0.2) is 41.6 Å². The van der Waals surface area contributed by atoms with Crippen LogP contribution in [0.2, 0.25) is 0 Å². The van der Waals surface area contributed by atoms with Crippen LogP contribution in [0.15, 0.2) is 47.8 Å². The van der Waals surface area contributed by atoms with Gasteiger partial charge >= 0.3 is 6.09 Å². The van der Waals surface area contributed by atoms with Crippen molar-refractivity contribution in [2.45, 2.75) is 65.0 Å². The molecule has 0 aromatic carbocycles. The van der Waals surface area contributed by atoms with Gasteiger partial charge < -0.3 is 24.4 Å². The van der Waals surface area contributed by atoms with Crippen LogP contribution in [0.5, 0.6) is 0 Å². The summed E-state index contributed by atoms with van der Waals surface area (Å²) in [7, 11) is 0. The summed E-state index contributed by atoms with van der Waals surface area (Å²) in [5.41, 5.74) is 0.397. The fourth-order valence-corrected chi connectivity index (χ4v) is 5.15. The molecule has 2 heterocycles. The fraction of sp³-hybridized carbons (Fsp3) is 0.600. The third-order valence-corrected chi connectivity index (χ3v) is 6.50. The Hall–Kier alpha value is -2.70. The minimum Gasteiger partial charge on any atom is -0.457 e. The molecule has 32 heavy (non-hydrogen) atoms. The predicted octanol–water partition coefficient (Wildman–Crippen LogP) is 4.39. The fourth-order valence-electron chi connectivity index (χ4n) is 5.15. The van der Waals surface area contributed by atoms with Crippen molar-refractivity contribution in [2.75, 3.05) is 13.1 Å². The van der Waals surface area contributed by atoms with E-state index in [0.29, 0.717) is 36.6 Å². The van der Waals surface area contributed by atoms with Crippen LogP contribution in [0.1, 0.15) is 53.4 Å². The molecular formula is C25H34N2O5. The Morgan fingerprint density at radius 1 is 1.19 bits per heavy atom. The zero-order chi connectivity index (χ0) is 22.9. The average molecular weight is 443 g/mol. The number of rotatable bonds is 4. The summed E-state index contributed by atoms with van der Waals surface area (Å²) in [6, 6.07) is -0.0857. The lowest BCUT2D eigenvalue weighted by molar-refractivity contribution is -0.120. The second-order valence-electron chi connectivity index (χ2n) is 10.2. The summed E-state index contributed by atoms with van der Waals surface area (Å²) < 4.78 is 16.8. The van der Waals surface area contributed by atoms with Crippen LogP contribution in [0.4, 0.5) is 4.79 Å². The number of ether oxygens (including phenoxy) is 3. The maximum absolute atomic E-state index is 12.8. The molecule has 1 saturated heterocycles. The van der Waals surface area contributed by atoms with Gasteiger partial charge in [0, 0.05) is 18.7 Å². The molecule has 7 heteroatoms. The highest BCUT2D eigenvalue weighted by atomic mass is 16.6. The smallest absolute Gasteiger partial charge is 0.410 e. The summed E-state index contributed by atoms with van der Waals surface area (Å²) in [5.74, 6) is 1.79. The second kappa shape index (κ2) is 9.04. The first-order valence-corrected chi connectivity index (χ1v) is 11.6. The first kappa shape index (κ1) is 22.5. The summed E-state index contributed by atoms with van der Waals surface area (Å²) in [6.07, 6.45) is 12.8. The van der Waals surface area contributed by atoms with E-state index in [1.54, 1.807) is 4.90 Å². The van der Waals surface area contributed by atoms with Gasteiger partial charge in [0.05, 0.1) is 6.04 Å². The SMILES string of the molecule is CC1C[C@H]2CN(C(=O)OC(C)(C)C)[C@H](CNC(=O)C3=COC(C4=CCCC=C4)=CO3)[C@H]2C1. The van der Waals surface area contributed by atoms with Crippen LogP contribution in [0.25, 0.3) is 0 Å². The predicted molar refractivity (Wildman–Crippen MR) is 120 cm³/mol. The van der Waals surface area contributed by atoms with Crippen molar-refractivity contribution >= 4 is 12.0 Å². The molecule has 0 aromatic rings. The van der Waals surface area contributed by atoms with E-state index in [1.165, 1.54) is 12.5 Å². The molecule has 2 fully saturated rings. The number of nitrogens with one attached hydrogen (secondary N) is 1. The van der Waals surface area contributed by atoms with E-state index >= 15 is 0 Å². The number of hydrogen-bond donors (Lipinski definition) is 1. The number of fused-ring (bicyclic) bond motifs is 1. The van der Waals surface area contributed by atoms with E-state index < -0.39 is 5.60 Å². The lowest BCUT2D eigenvalue weighted by Gasteiger charge is -2.31. The monoisotopic (exact) mass is 442 g/mol. The molecule has 0 radical (unpaired) electrons. The van der Waals surface area contributed by atoms with E-state index in [-0.39, 0.29) is 23.8 Å². The van der Waals surface area contributed by atoms with Gasteiger partial charge in [-0.2, -0.15) is 0 Å². The van der Waals surface area contributed by atoms with E-state index in [1.807, 2.05) is 26.8 Å². The molecule has 4 rings (SSSR count). The van der Waals surface area contributed by atoms with Crippen molar-refractivity contribution in [1.29, 1.82) is 0 Å². The second-order valence-corrected chi connectivity index (χ2v) is 10.2. The number of carbonyl (C=O) groups is 2. The van der Waals surface area contributed by atoms with Gasteiger partial charge in [-0.15, -0.1) is 0 Å². The molecule has 0 aromatic heterocycles. The van der Waals surface area contributed by atoms with E-state index in [2.05, 4.69) is 24.4 Å². The minimum atomic E-state index is -0.555. The molecule has 2 amide bonds. The molecule has 2 aliphatic carbocycles. The number of hydrogen-bond acceptors (Lipinski definition) is 5. The maximum Gasteiger partial charge on any atom is 0.410 e. The normalized spacial score (nSPS) is 29.2. The maximum atomic E-state index is 12.8. The Labute approximate surface area is 190 Å². The Morgan fingerprint density at radius 2 is 2.00 bits per heavy atom. The molecule has 7 nitrogen and oxygen atoms in total. The largest absolute Gasteiger partial charge is 0.457 e. The van der Waals surface area contributed by atoms with Gasteiger partial charge in [0.2, 0.25) is 5.76 Å². The highest BCUT2D eigenvalue weighted by Crippen LogP contribution is 2.45. The number of amides is 2. The lowest BCUT2D eigenvalue weighted by Crippen LogP contribution is -2.47. The van der Waals surface area contributed by atoms with Crippen LogP contribution in [0.3, 0.4) is 0 Å².